The number of carbonyl (C=O) groups excluding carboxylic acids is 1. The minimum Gasteiger partial charge on any atom is -0.381 e. The summed E-state index contributed by atoms with van der Waals surface area (Å²) in [5, 5.41) is 2.84. The lowest BCUT2D eigenvalue weighted by Gasteiger charge is -2.38. The summed E-state index contributed by atoms with van der Waals surface area (Å²) in [6, 6.07) is 12.4. The molecule has 0 unspecified atom stereocenters. The van der Waals surface area contributed by atoms with E-state index < -0.39 is 33.7 Å². The van der Waals surface area contributed by atoms with Crippen molar-refractivity contribution in [2.75, 3.05) is 30.3 Å². The molecule has 3 rings (SSSR count). The van der Waals surface area contributed by atoms with Gasteiger partial charge in [0.05, 0.1) is 17.5 Å². The van der Waals surface area contributed by atoms with Crippen molar-refractivity contribution in [1.82, 2.24) is 5.32 Å². The Morgan fingerprint density at radius 3 is 2.33 bits per heavy atom. The van der Waals surface area contributed by atoms with Gasteiger partial charge >= 0.3 is 6.18 Å². The first-order chi connectivity index (χ1) is 15.4. The lowest BCUT2D eigenvalue weighted by molar-refractivity contribution is -0.137. The molecule has 2 aromatic rings. The summed E-state index contributed by atoms with van der Waals surface area (Å²) in [6.07, 6.45) is -2.43. The van der Waals surface area contributed by atoms with Gasteiger partial charge in [-0.15, -0.1) is 0 Å². The van der Waals surface area contributed by atoms with Crippen LogP contribution in [-0.2, 0) is 31.1 Å². The molecule has 33 heavy (non-hydrogen) atoms. The number of benzene rings is 2. The van der Waals surface area contributed by atoms with Crippen LogP contribution < -0.4 is 9.62 Å². The van der Waals surface area contributed by atoms with Crippen LogP contribution in [0.5, 0.6) is 0 Å². The van der Waals surface area contributed by atoms with Crippen LogP contribution in [0.1, 0.15) is 30.9 Å². The molecule has 1 atom stereocenters. The molecule has 0 aromatic heterocycles. The van der Waals surface area contributed by atoms with Crippen molar-refractivity contribution in [3.05, 3.63) is 65.7 Å². The van der Waals surface area contributed by atoms with Gasteiger partial charge in [-0.25, -0.2) is 8.42 Å². The molecule has 6 nitrogen and oxygen atoms in total. The molecule has 1 saturated heterocycles. The average Bonchev–Trinajstić information content (AvgIpc) is 2.77. The van der Waals surface area contributed by atoms with Gasteiger partial charge in [0.1, 0.15) is 6.04 Å². The first-order valence-electron chi connectivity index (χ1n) is 10.5. The van der Waals surface area contributed by atoms with Gasteiger partial charge in [-0.3, -0.25) is 9.10 Å². The topological polar surface area (TPSA) is 75.7 Å². The highest BCUT2D eigenvalue weighted by Gasteiger charge is 2.37. The van der Waals surface area contributed by atoms with E-state index in [0.29, 0.717) is 26.1 Å². The third-order valence-corrected chi connectivity index (χ3v) is 7.20. The molecule has 0 radical (unpaired) electrons. The van der Waals surface area contributed by atoms with Gasteiger partial charge in [-0.2, -0.15) is 13.2 Å². The first-order valence-corrected chi connectivity index (χ1v) is 12.4. The summed E-state index contributed by atoms with van der Waals surface area (Å²) in [4.78, 5) is 13.0. The van der Waals surface area contributed by atoms with Gasteiger partial charge in [-0.05, 0) is 43.5 Å². The number of nitrogens with zero attached hydrogens (tertiary/aromatic N) is 1. The van der Waals surface area contributed by atoms with Crippen molar-refractivity contribution in [1.29, 1.82) is 0 Å². The highest BCUT2D eigenvalue weighted by Crippen LogP contribution is 2.35. The zero-order valence-electron chi connectivity index (χ0n) is 18.4. The second-order valence-corrected chi connectivity index (χ2v) is 10.1. The summed E-state index contributed by atoms with van der Waals surface area (Å²) in [7, 11) is -4.05. The van der Waals surface area contributed by atoms with Crippen LogP contribution in [0.25, 0.3) is 0 Å². The lowest BCUT2D eigenvalue weighted by atomic mass is 9.74. The van der Waals surface area contributed by atoms with Crippen molar-refractivity contribution in [3.63, 3.8) is 0 Å². The third kappa shape index (κ3) is 5.86. The van der Waals surface area contributed by atoms with E-state index in [4.69, 9.17) is 4.74 Å². The molecule has 0 saturated carbocycles. The van der Waals surface area contributed by atoms with Gasteiger partial charge < -0.3 is 10.1 Å². The number of alkyl halides is 3. The van der Waals surface area contributed by atoms with Gasteiger partial charge in [0.25, 0.3) is 0 Å². The number of sulfonamides is 1. The van der Waals surface area contributed by atoms with Crippen LogP contribution in [0.2, 0.25) is 0 Å². The van der Waals surface area contributed by atoms with Crippen molar-refractivity contribution in [2.24, 2.45) is 0 Å². The summed E-state index contributed by atoms with van der Waals surface area (Å²) < 4.78 is 70.6. The maximum absolute atomic E-state index is 13.2. The zero-order chi connectivity index (χ0) is 24.3. The number of nitrogens with one attached hydrogen (secondary N) is 1. The van der Waals surface area contributed by atoms with E-state index >= 15 is 0 Å². The van der Waals surface area contributed by atoms with E-state index in [0.717, 1.165) is 34.3 Å². The van der Waals surface area contributed by atoms with E-state index in [2.05, 4.69) is 5.32 Å². The summed E-state index contributed by atoms with van der Waals surface area (Å²) in [5.41, 5.74) is -0.550. The second-order valence-electron chi connectivity index (χ2n) is 8.26. The number of halogens is 3. The Morgan fingerprint density at radius 2 is 1.76 bits per heavy atom. The summed E-state index contributed by atoms with van der Waals surface area (Å²) in [6.45, 7) is 2.67. The number of hydrogen-bond acceptors (Lipinski definition) is 4. The van der Waals surface area contributed by atoms with E-state index in [1.165, 1.54) is 13.0 Å². The fourth-order valence-electron chi connectivity index (χ4n) is 4.15. The molecule has 0 aliphatic carbocycles. The Morgan fingerprint density at radius 1 is 1.12 bits per heavy atom. The quantitative estimate of drug-likeness (QED) is 0.650. The number of carbonyl (C=O) groups is 1. The molecule has 1 fully saturated rings. The summed E-state index contributed by atoms with van der Waals surface area (Å²) in [5.74, 6) is -0.598. The number of rotatable bonds is 7. The van der Waals surface area contributed by atoms with Crippen molar-refractivity contribution in [3.8, 4) is 0 Å². The Labute approximate surface area is 191 Å². The molecule has 0 bridgehead atoms. The fourth-order valence-corrected chi connectivity index (χ4v) is 5.32. The first kappa shape index (κ1) is 25.0. The van der Waals surface area contributed by atoms with Crippen LogP contribution >= 0.6 is 0 Å². The minimum atomic E-state index is -4.64. The molecular formula is C23H27F3N2O4S. The molecule has 0 spiro atoms. The normalized spacial score (nSPS) is 17.2. The third-order valence-electron chi connectivity index (χ3n) is 5.95. The van der Waals surface area contributed by atoms with Gasteiger partial charge in [-0.1, -0.05) is 36.4 Å². The van der Waals surface area contributed by atoms with E-state index in [9.17, 15) is 26.4 Å². The maximum Gasteiger partial charge on any atom is 0.416 e. The van der Waals surface area contributed by atoms with Crippen LogP contribution in [0.15, 0.2) is 54.6 Å². The molecule has 1 heterocycles. The Hall–Kier alpha value is -2.59. The molecule has 10 heteroatoms. The minimum absolute atomic E-state index is 0.223. The van der Waals surface area contributed by atoms with Crippen LogP contribution in [-0.4, -0.2) is 46.4 Å². The molecule has 1 aliphatic heterocycles. The van der Waals surface area contributed by atoms with Crippen LogP contribution in [0, 0.1) is 0 Å². The van der Waals surface area contributed by atoms with Gasteiger partial charge in [0.2, 0.25) is 15.9 Å². The fraction of sp³-hybridized carbons (Fsp3) is 0.435. The largest absolute Gasteiger partial charge is 0.416 e. The van der Waals surface area contributed by atoms with E-state index in [1.807, 2.05) is 30.3 Å². The standard InChI is InChI=1S/C23H27F3N2O4S/c1-17(28(33(2,30)31)20-10-6-9-19(15-20)23(24,25)26)21(29)27-16-22(11-13-32-14-12-22)18-7-4-3-5-8-18/h3-10,15,17H,11-14,16H2,1-2H3,(H,27,29)/t17-/m1/s1. The molecule has 1 aliphatic rings. The maximum atomic E-state index is 13.2. The number of ether oxygens (including phenoxy) is 1. The number of hydrogen-bond donors (Lipinski definition) is 1. The van der Waals surface area contributed by atoms with Crippen LogP contribution in [0.4, 0.5) is 18.9 Å². The summed E-state index contributed by atoms with van der Waals surface area (Å²) >= 11 is 0. The smallest absolute Gasteiger partial charge is 0.381 e. The Balaban J connectivity index is 1.84. The molecule has 1 N–H and O–H groups in total. The van der Waals surface area contributed by atoms with Crippen molar-refractivity contribution >= 4 is 21.6 Å². The predicted molar refractivity (Wildman–Crippen MR) is 119 cm³/mol. The van der Waals surface area contributed by atoms with E-state index in [1.54, 1.807) is 0 Å². The molecular weight excluding hydrogens is 457 g/mol. The van der Waals surface area contributed by atoms with Gasteiger partial charge in [0.15, 0.2) is 0 Å². The van der Waals surface area contributed by atoms with E-state index in [-0.39, 0.29) is 17.6 Å². The van der Waals surface area contributed by atoms with Crippen molar-refractivity contribution < 1.29 is 31.1 Å². The second kappa shape index (κ2) is 9.72. The number of amides is 1. The zero-order valence-corrected chi connectivity index (χ0v) is 19.2. The Bertz CT molecular complexity index is 1070. The lowest BCUT2D eigenvalue weighted by Crippen LogP contribution is -2.51. The van der Waals surface area contributed by atoms with Crippen LogP contribution in [0.3, 0.4) is 0 Å². The molecule has 2 aromatic carbocycles. The highest BCUT2D eigenvalue weighted by atomic mass is 32.2. The van der Waals surface area contributed by atoms with Gasteiger partial charge in [0, 0.05) is 25.2 Å². The molecule has 1 amide bonds. The average molecular weight is 485 g/mol. The Kier molecular flexibility index (Phi) is 7.38. The predicted octanol–water partition coefficient (Wildman–Crippen LogP) is 3.72. The highest BCUT2D eigenvalue weighted by molar-refractivity contribution is 7.92. The monoisotopic (exact) mass is 484 g/mol. The number of anilines is 1. The molecule has 180 valence electrons. The SMILES string of the molecule is C[C@H](C(=O)NCC1(c2ccccc2)CCOCC1)N(c1cccc(C(F)(F)F)c1)S(C)(=O)=O. The van der Waals surface area contributed by atoms with Crippen molar-refractivity contribution in [2.45, 2.75) is 37.4 Å².